The molecule has 3 amide bonds. The molecule has 0 spiro atoms. The number of benzene rings is 1. The maximum absolute atomic E-state index is 12.4. The van der Waals surface area contributed by atoms with Crippen LogP contribution >= 0.6 is 11.8 Å². The van der Waals surface area contributed by atoms with Crippen LogP contribution in [0.25, 0.3) is 6.08 Å². The number of hydrogen-bond donors (Lipinski definition) is 2. The molecule has 1 fully saturated rings. The van der Waals surface area contributed by atoms with E-state index < -0.39 is 17.1 Å². The van der Waals surface area contributed by atoms with Crippen LogP contribution in [0.3, 0.4) is 0 Å². The molecule has 0 aliphatic carbocycles. The molecule has 1 aromatic carbocycles. The molecule has 0 radical (unpaired) electrons. The van der Waals surface area contributed by atoms with E-state index in [1.165, 1.54) is 12.1 Å². The van der Waals surface area contributed by atoms with E-state index in [-0.39, 0.29) is 17.2 Å². The molecule has 27 heavy (non-hydrogen) atoms. The lowest BCUT2D eigenvalue weighted by molar-refractivity contribution is -0.129. The fourth-order valence-corrected chi connectivity index (χ4v) is 3.16. The van der Waals surface area contributed by atoms with Gasteiger partial charge in [-0.2, -0.15) is 0 Å². The number of carbonyl (C=O) groups excluding carboxylic acids is 3. The van der Waals surface area contributed by atoms with Crippen molar-refractivity contribution in [3.05, 3.63) is 28.7 Å². The number of imide groups is 1. The number of rotatable bonds is 9. The van der Waals surface area contributed by atoms with Gasteiger partial charge < -0.3 is 19.9 Å². The maximum atomic E-state index is 12.4. The molecule has 2 rings (SSSR count). The minimum atomic E-state index is -0.525. The summed E-state index contributed by atoms with van der Waals surface area (Å²) in [6, 6.07) is 4.64. The molecule has 1 saturated heterocycles. The first-order chi connectivity index (χ1) is 13.0. The predicted octanol–water partition coefficient (Wildman–Crippen LogP) is 1.98. The van der Waals surface area contributed by atoms with E-state index >= 15 is 0 Å². The van der Waals surface area contributed by atoms with Crippen LogP contribution in [-0.2, 0) is 14.3 Å². The standard InChI is InChI=1S/C18H22N2O6S/c1-3-26-14-9-12(5-6-13(14)21)10-15-17(23)20(18(24)27-15)11-16(22)19-7-4-8-25-2/h5-6,9-10,21H,3-4,7-8,11H2,1-2H3,(H,19,22)/b15-10-. The number of methoxy groups -OCH3 is 1. The molecule has 0 atom stereocenters. The van der Waals surface area contributed by atoms with E-state index in [1.807, 2.05) is 0 Å². The molecule has 0 saturated carbocycles. The summed E-state index contributed by atoms with van der Waals surface area (Å²) in [4.78, 5) is 37.5. The first kappa shape index (κ1) is 20.8. The van der Waals surface area contributed by atoms with Crippen LogP contribution < -0.4 is 10.1 Å². The summed E-state index contributed by atoms with van der Waals surface area (Å²) in [5.41, 5.74) is 0.603. The van der Waals surface area contributed by atoms with Crippen LogP contribution in [0.15, 0.2) is 23.1 Å². The Kier molecular flexibility index (Phi) is 7.68. The Balaban J connectivity index is 2.03. The van der Waals surface area contributed by atoms with E-state index in [0.29, 0.717) is 37.5 Å². The van der Waals surface area contributed by atoms with Crippen molar-refractivity contribution in [2.75, 3.05) is 33.4 Å². The summed E-state index contributed by atoms with van der Waals surface area (Å²) in [5.74, 6) is -0.644. The van der Waals surface area contributed by atoms with Crippen LogP contribution in [0.5, 0.6) is 11.5 Å². The fraction of sp³-hybridized carbons (Fsp3) is 0.389. The average Bonchev–Trinajstić information content (AvgIpc) is 2.89. The molecule has 0 unspecified atom stereocenters. The number of amides is 3. The SMILES string of the molecule is CCOc1cc(/C=C2\SC(=O)N(CC(=O)NCCCOC)C2=O)ccc1O. The molecule has 9 heteroatoms. The highest BCUT2D eigenvalue weighted by atomic mass is 32.2. The third-order valence-corrected chi connectivity index (χ3v) is 4.51. The number of aromatic hydroxyl groups is 1. The number of phenols is 1. The van der Waals surface area contributed by atoms with Gasteiger partial charge in [-0.1, -0.05) is 6.07 Å². The molecule has 1 aliphatic heterocycles. The first-order valence-electron chi connectivity index (χ1n) is 8.43. The highest BCUT2D eigenvalue weighted by Crippen LogP contribution is 2.34. The van der Waals surface area contributed by atoms with Crippen molar-refractivity contribution < 1.29 is 29.0 Å². The number of carbonyl (C=O) groups is 3. The van der Waals surface area contributed by atoms with Crippen LogP contribution in [0.4, 0.5) is 4.79 Å². The van der Waals surface area contributed by atoms with Gasteiger partial charge in [0.2, 0.25) is 5.91 Å². The first-order valence-corrected chi connectivity index (χ1v) is 9.24. The lowest BCUT2D eigenvalue weighted by atomic mass is 10.2. The van der Waals surface area contributed by atoms with E-state index in [9.17, 15) is 19.5 Å². The molecule has 1 heterocycles. The molecule has 2 N–H and O–H groups in total. The van der Waals surface area contributed by atoms with E-state index in [4.69, 9.17) is 9.47 Å². The van der Waals surface area contributed by atoms with Gasteiger partial charge in [-0.3, -0.25) is 19.3 Å². The van der Waals surface area contributed by atoms with Crippen LogP contribution in [0.2, 0.25) is 0 Å². The van der Waals surface area contributed by atoms with Crippen molar-refractivity contribution >= 4 is 34.9 Å². The number of nitrogens with zero attached hydrogens (tertiary/aromatic N) is 1. The molecule has 146 valence electrons. The van der Waals surface area contributed by atoms with E-state index in [1.54, 1.807) is 26.2 Å². The van der Waals surface area contributed by atoms with Crippen LogP contribution in [0, 0.1) is 0 Å². The van der Waals surface area contributed by atoms with Crippen LogP contribution in [0.1, 0.15) is 18.9 Å². The molecule has 1 aromatic rings. The van der Waals surface area contributed by atoms with Crippen LogP contribution in [-0.4, -0.2) is 60.5 Å². The Hall–Kier alpha value is -2.52. The Bertz CT molecular complexity index is 749. The van der Waals surface area contributed by atoms with Gasteiger partial charge in [0, 0.05) is 20.3 Å². The molecular weight excluding hydrogens is 372 g/mol. The van der Waals surface area contributed by atoms with Gasteiger partial charge in [-0.05, 0) is 48.9 Å². The number of hydrogen-bond acceptors (Lipinski definition) is 7. The second-order valence-electron chi connectivity index (χ2n) is 5.62. The smallest absolute Gasteiger partial charge is 0.294 e. The quantitative estimate of drug-likeness (QED) is 0.487. The third-order valence-electron chi connectivity index (χ3n) is 3.60. The third kappa shape index (κ3) is 5.73. The summed E-state index contributed by atoms with van der Waals surface area (Å²) < 4.78 is 10.2. The highest BCUT2D eigenvalue weighted by molar-refractivity contribution is 8.18. The Morgan fingerprint density at radius 1 is 1.37 bits per heavy atom. The molecular formula is C18H22N2O6S. The fourth-order valence-electron chi connectivity index (χ4n) is 2.32. The zero-order chi connectivity index (χ0) is 19.8. The van der Waals surface area contributed by atoms with Crippen molar-refractivity contribution in [2.45, 2.75) is 13.3 Å². The molecule has 0 bridgehead atoms. The lowest BCUT2D eigenvalue weighted by Gasteiger charge is -2.12. The van der Waals surface area contributed by atoms with E-state index in [0.717, 1.165) is 16.7 Å². The summed E-state index contributed by atoms with van der Waals surface area (Å²) in [6.07, 6.45) is 2.18. The average molecular weight is 394 g/mol. The van der Waals surface area contributed by atoms with Gasteiger partial charge in [-0.25, -0.2) is 0 Å². The number of nitrogens with one attached hydrogen (secondary N) is 1. The second kappa shape index (κ2) is 9.98. The molecule has 1 aliphatic rings. The predicted molar refractivity (Wildman–Crippen MR) is 101 cm³/mol. The summed E-state index contributed by atoms with van der Waals surface area (Å²) in [7, 11) is 1.57. The van der Waals surface area contributed by atoms with E-state index in [2.05, 4.69) is 5.32 Å². The van der Waals surface area contributed by atoms with Gasteiger partial charge in [-0.15, -0.1) is 0 Å². The van der Waals surface area contributed by atoms with Gasteiger partial charge in [0.15, 0.2) is 11.5 Å². The van der Waals surface area contributed by atoms with Crippen molar-refractivity contribution in [2.24, 2.45) is 0 Å². The van der Waals surface area contributed by atoms with Crippen molar-refractivity contribution in [1.82, 2.24) is 10.2 Å². The summed E-state index contributed by atoms with van der Waals surface area (Å²) >= 11 is 0.769. The Morgan fingerprint density at radius 3 is 2.85 bits per heavy atom. The largest absolute Gasteiger partial charge is 0.504 e. The van der Waals surface area contributed by atoms with Crippen molar-refractivity contribution in [1.29, 1.82) is 0 Å². The van der Waals surface area contributed by atoms with Gasteiger partial charge in [0.1, 0.15) is 6.54 Å². The van der Waals surface area contributed by atoms with Crippen molar-refractivity contribution in [3.8, 4) is 11.5 Å². The van der Waals surface area contributed by atoms with Gasteiger partial charge >= 0.3 is 0 Å². The number of ether oxygens (including phenoxy) is 2. The normalized spacial score (nSPS) is 15.5. The zero-order valence-corrected chi connectivity index (χ0v) is 16.0. The molecule has 8 nitrogen and oxygen atoms in total. The number of phenolic OH excluding ortho intramolecular Hbond substituents is 1. The highest BCUT2D eigenvalue weighted by Gasteiger charge is 2.36. The minimum absolute atomic E-state index is 0.00718. The Labute approximate surface area is 161 Å². The number of thioether (sulfide) groups is 1. The second-order valence-corrected chi connectivity index (χ2v) is 6.62. The minimum Gasteiger partial charge on any atom is -0.504 e. The lowest BCUT2D eigenvalue weighted by Crippen LogP contribution is -2.39. The zero-order valence-electron chi connectivity index (χ0n) is 15.2. The monoisotopic (exact) mass is 394 g/mol. The van der Waals surface area contributed by atoms with Gasteiger partial charge in [0.25, 0.3) is 11.1 Å². The topological polar surface area (TPSA) is 105 Å². The van der Waals surface area contributed by atoms with Crippen molar-refractivity contribution in [3.63, 3.8) is 0 Å². The summed E-state index contributed by atoms with van der Waals surface area (Å²) in [6.45, 7) is 2.77. The maximum Gasteiger partial charge on any atom is 0.294 e. The Morgan fingerprint density at radius 2 is 2.15 bits per heavy atom. The molecule has 0 aromatic heterocycles. The summed E-state index contributed by atoms with van der Waals surface area (Å²) in [5, 5.41) is 11.9. The van der Waals surface area contributed by atoms with Gasteiger partial charge in [0.05, 0.1) is 11.5 Å².